The zero-order chi connectivity index (χ0) is 12.8. The molecular weight excluding hydrogens is 242 g/mol. The van der Waals surface area contributed by atoms with Gasteiger partial charge in [-0.15, -0.1) is 0 Å². The van der Waals surface area contributed by atoms with Crippen molar-refractivity contribution >= 4 is 14.1 Å². The summed E-state index contributed by atoms with van der Waals surface area (Å²) in [6.45, 7) is 4.21. The number of hydrogen-bond acceptors (Lipinski definition) is 3. The third-order valence-electron chi connectivity index (χ3n) is 2.24. The predicted octanol–water partition coefficient (Wildman–Crippen LogP) is 0.450. The molecule has 0 aromatic heterocycles. The molecule has 0 N–H and O–H groups in total. The maximum absolute atomic E-state index is 12.0. The molecule has 1 aromatic rings. The summed E-state index contributed by atoms with van der Waals surface area (Å²) in [5.74, 6) is 1.79. The summed E-state index contributed by atoms with van der Waals surface area (Å²) in [6.07, 6.45) is 0.869. The number of carbonyl (C=O) groups excluding carboxylic acids is 1. The van der Waals surface area contributed by atoms with Crippen LogP contribution in [0.1, 0.15) is 24.2 Å². The Hall–Kier alpha value is -0.483. The Bertz CT molecular complexity index is 394. The van der Waals surface area contributed by atoms with Gasteiger partial charge in [0.1, 0.15) is 11.5 Å². The predicted molar refractivity (Wildman–Crippen MR) is 70.5 cm³/mol. The van der Waals surface area contributed by atoms with Crippen molar-refractivity contribution in [2.75, 3.05) is 20.4 Å². The molecule has 0 radical (unpaired) electrons. The molecule has 0 saturated carbocycles. The second kappa shape index (κ2) is 8.59. The number of carbonyl (C=O) groups is 1. The molecule has 0 amide bonds. The van der Waals surface area contributed by atoms with Crippen LogP contribution in [0.4, 0.5) is 0 Å². The molecule has 18 heavy (non-hydrogen) atoms. The summed E-state index contributed by atoms with van der Waals surface area (Å²) in [6, 6.07) is 5.27. The van der Waals surface area contributed by atoms with Gasteiger partial charge in [-0.3, -0.25) is 0 Å². The molecular formula is C13H18LiO3P. The molecule has 1 aromatic carbocycles. The van der Waals surface area contributed by atoms with Crippen LogP contribution in [0.2, 0.25) is 0 Å². The molecule has 0 aliphatic heterocycles. The van der Waals surface area contributed by atoms with Crippen molar-refractivity contribution in [3.05, 3.63) is 23.8 Å². The molecule has 0 spiro atoms. The Labute approximate surface area is 123 Å². The van der Waals surface area contributed by atoms with Crippen LogP contribution in [0.5, 0.6) is 11.5 Å². The van der Waals surface area contributed by atoms with Crippen LogP contribution >= 0.6 is 8.58 Å². The summed E-state index contributed by atoms with van der Waals surface area (Å²) in [5, 5.41) is 0. The number of benzene rings is 1. The summed E-state index contributed by atoms with van der Waals surface area (Å²) >= 11 is 0. The fraction of sp³-hybridized carbons (Fsp3) is 0.462. The average Bonchev–Trinajstić information content (AvgIpc) is 2.34. The number of hydrogen-bond donors (Lipinski definition) is 0. The second-order valence-electron chi connectivity index (χ2n) is 4.11. The Morgan fingerprint density at radius 1 is 1.28 bits per heavy atom. The van der Waals surface area contributed by atoms with E-state index >= 15 is 0 Å². The summed E-state index contributed by atoms with van der Waals surface area (Å²) in [4.78, 5) is 12.0. The number of methoxy groups -OCH3 is 2. The van der Waals surface area contributed by atoms with Crippen LogP contribution < -0.4 is 28.3 Å². The van der Waals surface area contributed by atoms with Crippen molar-refractivity contribution in [1.29, 1.82) is 0 Å². The van der Waals surface area contributed by atoms with E-state index in [1.165, 1.54) is 0 Å². The molecule has 0 aliphatic carbocycles. The smallest absolute Gasteiger partial charge is 0.497 e. The van der Waals surface area contributed by atoms with E-state index in [-0.39, 0.29) is 24.4 Å². The minimum Gasteiger partial charge on any atom is -0.497 e. The zero-order valence-electron chi connectivity index (χ0n) is 11.7. The fourth-order valence-electron chi connectivity index (χ4n) is 1.33. The molecule has 5 heteroatoms. The van der Waals surface area contributed by atoms with Crippen molar-refractivity contribution in [2.24, 2.45) is 5.92 Å². The maximum Gasteiger partial charge on any atom is 1.00 e. The van der Waals surface area contributed by atoms with E-state index in [4.69, 9.17) is 9.47 Å². The maximum atomic E-state index is 12.0. The molecule has 0 aliphatic rings. The van der Waals surface area contributed by atoms with Crippen molar-refractivity contribution in [2.45, 2.75) is 13.8 Å². The van der Waals surface area contributed by atoms with Crippen LogP contribution in [-0.4, -0.2) is 25.9 Å². The monoisotopic (exact) mass is 260 g/mol. The van der Waals surface area contributed by atoms with Gasteiger partial charge in [0.15, 0.2) is 0 Å². The van der Waals surface area contributed by atoms with Gasteiger partial charge in [0, 0.05) is 17.2 Å². The summed E-state index contributed by atoms with van der Waals surface area (Å²) in [5.41, 5.74) is 0.716. The van der Waals surface area contributed by atoms with Gasteiger partial charge in [-0.25, -0.2) is 0 Å². The summed E-state index contributed by atoms with van der Waals surface area (Å²) in [7, 11) is 3.96. The van der Waals surface area contributed by atoms with Crippen molar-refractivity contribution in [3.8, 4) is 11.5 Å². The van der Waals surface area contributed by atoms with E-state index in [0.717, 1.165) is 14.7 Å². The van der Waals surface area contributed by atoms with Gasteiger partial charge in [0.2, 0.25) is 0 Å². The number of rotatable bonds is 6. The van der Waals surface area contributed by atoms with E-state index in [2.05, 4.69) is 13.8 Å². The van der Waals surface area contributed by atoms with E-state index < -0.39 is 0 Å². The Morgan fingerprint density at radius 3 is 2.44 bits per heavy atom. The van der Waals surface area contributed by atoms with Gasteiger partial charge in [-0.05, 0) is 12.1 Å². The molecule has 3 nitrogen and oxygen atoms in total. The first-order valence-corrected chi connectivity index (χ1v) is 6.60. The van der Waals surface area contributed by atoms with E-state index in [9.17, 15) is 4.79 Å². The minimum absolute atomic E-state index is 0. The molecule has 0 bridgehead atoms. The molecule has 94 valence electrons. The molecule has 1 rings (SSSR count). The normalized spacial score (nSPS) is 10.5. The van der Waals surface area contributed by atoms with E-state index in [1.807, 2.05) is 0 Å². The first-order chi connectivity index (χ1) is 8.08. The Balaban J connectivity index is 0.00000289. The molecule has 0 unspecified atom stereocenters. The van der Waals surface area contributed by atoms with Gasteiger partial charge in [0.25, 0.3) is 0 Å². The van der Waals surface area contributed by atoms with Crippen molar-refractivity contribution in [3.63, 3.8) is 0 Å². The van der Waals surface area contributed by atoms with Crippen LogP contribution in [-0.2, 0) is 0 Å². The van der Waals surface area contributed by atoms with Gasteiger partial charge < -0.3 is 22.8 Å². The van der Waals surface area contributed by atoms with Gasteiger partial charge in [-0.1, -0.05) is 19.8 Å². The SMILES string of the molecule is COc1ccc(C(=O)[P-]CC(C)C)c(OC)c1.[Li+]. The van der Waals surface area contributed by atoms with Crippen LogP contribution in [0, 0.1) is 5.92 Å². The third-order valence-corrected chi connectivity index (χ3v) is 3.68. The second-order valence-corrected chi connectivity index (χ2v) is 5.19. The number of ether oxygens (including phenoxy) is 2. The Kier molecular flexibility index (Phi) is 8.36. The van der Waals surface area contributed by atoms with Crippen LogP contribution in [0.15, 0.2) is 18.2 Å². The minimum atomic E-state index is 0. The van der Waals surface area contributed by atoms with Gasteiger partial charge in [0.05, 0.1) is 14.2 Å². The standard InChI is InChI=1S/C13H18O3P.Li/c1-9(2)8-17-13(14)11-6-5-10(15-3)7-12(11)16-4;/h5-7,9H,8H2,1-4H3;/q-1;+1. The quantitative estimate of drug-likeness (QED) is 0.550. The molecule has 0 fully saturated rings. The van der Waals surface area contributed by atoms with Crippen LogP contribution in [0.25, 0.3) is 0 Å². The fourth-order valence-corrected chi connectivity index (χ4v) is 2.21. The van der Waals surface area contributed by atoms with Crippen LogP contribution in [0.3, 0.4) is 0 Å². The molecule has 0 atom stereocenters. The molecule has 0 saturated heterocycles. The Morgan fingerprint density at radius 2 is 1.94 bits per heavy atom. The van der Waals surface area contributed by atoms with Gasteiger partial charge >= 0.3 is 18.9 Å². The largest absolute Gasteiger partial charge is 1.00 e. The van der Waals surface area contributed by atoms with E-state index in [0.29, 0.717) is 23.0 Å². The van der Waals surface area contributed by atoms with E-state index in [1.54, 1.807) is 32.4 Å². The first kappa shape index (κ1) is 17.5. The topological polar surface area (TPSA) is 35.5 Å². The zero-order valence-corrected chi connectivity index (χ0v) is 12.6. The van der Waals surface area contributed by atoms with Crippen molar-refractivity contribution < 1.29 is 33.1 Å². The first-order valence-electron chi connectivity index (χ1n) is 5.52. The average molecular weight is 260 g/mol. The van der Waals surface area contributed by atoms with Crippen molar-refractivity contribution in [1.82, 2.24) is 0 Å². The van der Waals surface area contributed by atoms with Gasteiger partial charge in [-0.2, -0.15) is 6.16 Å². The summed E-state index contributed by atoms with van der Waals surface area (Å²) < 4.78 is 10.3. The third kappa shape index (κ3) is 5.02. The molecule has 0 heterocycles.